The number of carboxylic acid groups (broad SMARTS) is 1. The van der Waals surface area contributed by atoms with Crippen LogP contribution in [0.15, 0.2) is 43.0 Å². The molecule has 1 aromatic carbocycles. The van der Waals surface area contributed by atoms with Crippen molar-refractivity contribution in [2.24, 2.45) is 0 Å². The quantitative estimate of drug-likeness (QED) is 0.832. The first-order valence-corrected chi connectivity index (χ1v) is 6.32. The van der Waals surface area contributed by atoms with E-state index >= 15 is 0 Å². The SMILES string of the molecule is O=C(O)/C=C/c1cccc(Cl)c1OCCn1ccnc1. The number of ether oxygens (including phenoxy) is 1. The highest BCUT2D eigenvalue weighted by Crippen LogP contribution is 2.29. The summed E-state index contributed by atoms with van der Waals surface area (Å²) in [5.74, 6) is -0.541. The average Bonchev–Trinajstić information content (AvgIpc) is 2.92. The predicted octanol–water partition coefficient (Wildman–Crippen LogP) is 2.71. The van der Waals surface area contributed by atoms with E-state index in [9.17, 15) is 4.79 Å². The maximum absolute atomic E-state index is 10.6. The number of halogens is 1. The molecule has 0 aliphatic rings. The lowest BCUT2D eigenvalue weighted by atomic mass is 10.2. The number of benzene rings is 1. The number of aromatic nitrogens is 2. The van der Waals surface area contributed by atoms with E-state index in [1.54, 1.807) is 30.7 Å². The second-order valence-electron chi connectivity index (χ2n) is 3.98. The molecule has 5 nitrogen and oxygen atoms in total. The lowest BCUT2D eigenvalue weighted by molar-refractivity contribution is -0.131. The molecule has 6 heteroatoms. The van der Waals surface area contributed by atoms with Crippen molar-refractivity contribution in [2.75, 3.05) is 6.61 Å². The summed E-state index contributed by atoms with van der Waals surface area (Å²) < 4.78 is 7.53. The highest BCUT2D eigenvalue weighted by molar-refractivity contribution is 6.32. The summed E-state index contributed by atoms with van der Waals surface area (Å²) >= 11 is 6.08. The van der Waals surface area contributed by atoms with Gasteiger partial charge >= 0.3 is 5.97 Å². The van der Waals surface area contributed by atoms with Gasteiger partial charge < -0.3 is 14.4 Å². The van der Waals surface area contributed by atoms with Crippen LogP contribution in [0.3, 0.4) is 0 Å². The number of rotatable bonds is 6. The Kier molecular flexibility index (Phi) is 4.79. The van der Waals surface area contributed by atoms with Crippen LogP contribution >= 0.6 is 11.6 Å². The molecule has 1 heterocycles. The van der Waals surface area contributed by atoms with Gasteiger partial charge in [0.15, 0.2) is 0 Å². The van der Waals surface area contributed by atoms with Gasteiger partial charge in [0, 0.05) is 24.0 Å². The predicted molar refractivity (Wildman–Crippen MR) is 75.8 cm³/mol. The van der Waals surface area contributed by atoms with Gasteiger partial charge in [-0.1, -0.05) is 23.7 Å². The molecule has 1 aromatic heterocycles. The zero-order chi connectivity index (χ0) is 14.4. The van der Waals surface area contributed by atoms with E-state index in [4.69, 9.17) is 21.4 Å². The molecule has 104 valence electrons. The van der Waals surface area contributed by atoms with E-state index in [2.05, 4.69) is 4.98 Å². The van der Waals surface area contributed by atoms with Crippen LogP contribution in [-0.2, 0) is 11.3 Å². The summed E-state index contributed by atoms with van der Waals surface area (Å²) in [5.41, 5.74) is 0.630. The fraction of sp³-hybridized carbons (Fsp3) is 0.143. The molecule has 0 aliphatic heterocycles. The molecule has 2 aromatic rings. The molecule has 0 fully saturated rings. The molecular formula is C14H13ClN2O3. The summed E-state index contributed by atoms with van der Waals surface area (Å²) in [6.45, 7) is 1.04. The average molecular weight is 293 g/mol. The van der Waals surface area contributed by atoms with Crippen LogP contribution in [0.4, 0.5) is 0 Å². The van der Waals surface area contributed by atoms with Crippen molar-refractivity contribution in [3.63, 3.8) is 0 Å². The molecular weight excluding hydrogens is 280 g/mol. The highest BCUT2D eigenvalue weighted by atomic mass is 35.5. The van der Waals surface area contributed by atoms with Crippen LogP contribution in [0.2, 0.25) is 5.02 Å². The van der Waals surface area contributed by atoms with E-state index in [1.165, 1.54) is 6.08 Å². The number of imidazole rings is 1. The largest absolute Gasteiger partial charge is 0.490 e. The Morgan fingerprint density at radius 1 is 1.50 bits per heavy atom. The molecule has 2 rings (SSSR count). The second-order valence-corrected chi connectivity index (χ2v) is 4.39. The number of hydrogen-bond donors (Lipinski definition) is 1. The first kappa shape index (κ1) is 14.1. The van der Waals surface area contributed by atoms with Crippen LogP contribution in [0.5, 0.6) is 5.75 Å². The Bertz CT molecular complexity index is 609. The number of carboxylic acids is 1. The third kappa shape index (κ3) is 3.86. The van der Waals surface area contributed by atoms with Crippen LogP contribution in [0.25, 0.3) is 6.08 Å². The third-order valence-electron chi connectivity index (χ3n) is 2.56. The minimum atomic E-state index is -1.02. The van der Waals surface area contributed by atoms with Gasteiger partial charge in [0.25, 0.3) is 0 Å². The standard InChI is InChI=1S/C14H13ClN2O3/c15-12-3-1-2-11(4-5-13(18)19)14(12)20-9-8-17-7-6-16-10-17/h1-7,10H,8-9H2,(H,18,19)/b5-4+. The van der Waals surface area contributed by atoms with Gasteiger partial charge in [0.2, 0.25) is 0 Å². The molecule has 0 radical (unpaired) electrons. The number of carbonyl (C=O) groups is 1. The van der Waals surface area contributed by atoms with Crippen molar-refractivity contribution in [3.05, 3.63) is 53.6 Å². The summed E-state index contributed by atoms with van der Waals surface area (Å²) in [5, 5.41) is 9.11. The molecule has 20 heavy (non-hydrogen) atoms. The van der Waals surface area contributed by atoms with Crippen LogP contribution < -0.4 is 4.74 Å². The topological polar surface area (TPSA) is 64.3 Å². The Morgan fingerprint density at radius 3 is 3.05 bits per heavy atom. The molecule has 0 bridgehead atoms. The number of para-hydroxylation sites is 1. The Morgan fingerprint density at radius 2 is 2.35 bits per heavy atom. The van der Waals surface area contributed by atoms with Crippen molar-refractivity contribution in [3.8, 4) is 5.75 Å². The fourth-order valence-electron chi connectivity index (χ4n) is 1.64. The van der Waals surface area contributed by atoms with Crippen molar-refractivity contribution in [1.29, 1.82) is 0 Å². The smallest absolute Gasteiger partial charge is 0.328 e. The van der Waals surface area contributed by atoms with E-state index in [1.807, 2.05) is 10.8 Å². The van der Waals surface area contributed by atoms with Gasteiger partial charge in [-0.05, 0) is 12.1 Å². The van der Waals surface area contributed by atoms with Gasteiger partial charge in [-0.3, -0.25) is 0 Å². The molecule has 0 atom stereocenters. The zero-order valence-corrected chi connectivity index (χ0v) is 11.3. The molecule has 0 saturated heterocycles. The van der Waals surface area contributed by atoms with E-state index < -0.39 is 5.97 Å². The first-order valence-electron chi connectivity index (χ1n) is 5.95. The summed E-state index contributed by atoms with van der Waals surface area (Å²) in [6, 6.07) is 5.19. The van der Waals surface area contributed by atoms with Gasteiger partial charge in [-0.15, -0.1) is 0 Å². The monoisotopic (exact) mass is 292 g/mol. The van der Waals surface area contributed by atoms with Crippen LogP contribution in [0.1, 0.15) is 5.56 Å². The fourth-order valence-corrected chi connectivity index (χ4v) is 1.88. The van der Waals surface area contributed by atoms with Crippen molar-refractivity contribution in [1.82, 2.24) is 9.55 Å². The summed E-state index contributed by atoms with van der Waals surface area (Å²) in [6.07, 6.45) is 7.73. The molecule has 1 N–H and O–H groups in total. The molecule has 0 unspecified atom stereocenters. The number of hydrogen-bond acceptors (Lipinski definition) is 3. The maximum atomic E-state index is 10.6. The number of nitrogens with zero attached hydrogens (tertiary/aromatic N) is 2. The molecule has 0 saturated carbocycles. The van der Waals surface area contributed by atoms with E-state index in [-0.39, 0.29) is 0 Å². The third-order valence-corrected chi connectivity index (χ3v) is 2.86. The normalized spacial score (nSPS) is 10.8. The zero-order valence-electron chi connectivity index (χ0n) is 10.6. The van der Waals surface area contributed by atoms with Crippen molar-refractivity contribution in [2.45, 2.75) is 6.54 Å². The highest BCUT2D eigenvalue weighted by Gasteiger charge is 2.06. The van der Waals surface area contributed by atoms with E-state index in [0.717, 1.165) is 6.08 Å². The van der Waals surface area contributed by atoms with Gasteiger partial charge in [-0.2, -0.15) is 0 Å². The minimum Gasteiger partial charge on any atom is -0.490 e. The summed E-state index contributed by atoms with van der Waals surface area (Å²) in [7, 11) is 0. The van der Waals surface area contributed by atoms with Crippen LogP contribution in [0, 0.1) is 0 Å². The van der Waals surface area contributed by atoms with E-state index in [0.29, 0.717) is 29.5 Å². The molecule has 0 spiro atoms. The second kappa shape index (κ2) is 6.77. The Balaban J connectivity index is 2.07. The van der Waals surface area contributed by atoms with Gasteiger partial charge in [0.1, 0.15) is 12.4 Å². The van der Waals surface area contributed by atoms with Gasteiger partial charge in [-0.25, -0.2) is 9.78 Å². The lowest BCUT2D eigenvalue weighted by Crippen LogP contribution is -2.07. The Labute approximate surface area is 121 Å². The van der Waals surface area contributed by atoms with Gasteiger partial charge in [0.05, 0.1) is 17.9 Å². The molecule has 0 aliphatic carbocycles. The minimum absolute atomic E-state index is 0.411. The van der Waals surface area contributed by atoms with Crippen LogP contribution in [-0.4, -0.2) is 27.2 Å². The van der Waals surface area contributed by atoms with Crippen molar-refractivity contribution >= 4 is 23.6 Å². The summed E-state index contributed by atoms with van der Waals surface area (Å²) in [4.78, 5) is 14.5. The van der Waals surface area contributed by atoms with Crippen molar-refractivity contribution < 1.29 is 14.6 Å². The lowest BCUT2D eigenvalue weighted by Gasteiger charge is -2.11. The first-order chi connectivity index (χ1) is 9.66. The maximum Gasteiger partial charge on any atom is 0.328 e. The Hall–Kier alpha value is -2.27. The number of aliphatic carboxylic acids is 1. The molecule has 0 amide bonds.